The van der Waals surface area contributed by atoms with Crippen LogP contribution in [0, 0.1) is 12.8 Å². The number of benzene rings is 1. The predicted octanol–water partition coefficient (Wildman–Crippen LogP) is 1.21. The average molecular weight is 329 g/mol. The fraction of sp³-hybridized carbons (Fsp3) is 0.579. The molecular weight excluding hydrogens is 302 g/mol. The Labute approximate surface area is 144 Å². The number of hydrogen-bond donors (Lipinski definition) is 1. The van der Waals surface area contributed by atoms with Crippen LogP contribution in [0.5, 0.6) is 0 Å². The van der Waals surface area contributed by atoms with Crippen molar-refractivity contribution in [3.8, 4) is 0 Å². The first-order valence-electron chi connectivity index (χ1n) is 8.96. The molecule has 1 aliphatic carbocycles. The van der Waals surface area contributed by atoms with Crippen molar-refractivity contribution >= 4 is 11.8 Å². The molecule has 1 saturated heterocycles. The van der Waals surface area contributed by atoms with Crippen LogP contribution in [0.3, 0.4) is 0 Å². The highest BCUT2D eigenvalue weighted by Crippen LogP contribution is 2.31. The van der Waals surface area contributed by atoms with Crippen molar-refractivity contribution < 1.29 is 9.59 Å². The van der Waals surface area contributed by atoms with Crippen LogP contribution in [-0.2, 0) is 16.0 Å². The van der Waals surface area contributed by atoms with Crippen LogP contribution >= 0.6 is 0 Å². The molecule has 3 rings (SSSR count). The van der Waals surface area contributed by atoms with Gasteiger partial charge in [0.1, 0.15) is 0 Å². The van der Waals surface area contributed by atoms with Gasteiger partial charge >= 0.3 is 0 Å². The van der Waals surface area contributed by atoms with Gasteiger partial charge in [0.2, 0.25) is 11.8 Å². The molecule has 0 aromatic heterocycles. The number of piperazine rings is 1. The standard InChI is InChI=1S/C19H27N3O2/c1-15-4-2-3-5-16(15)8-9-20-18(23)14-21-10-12-22(13-11-21)19(24)17-6-7-17/h2-5,17H,6-14H2,1H3,(H,20,23). The van der Waals surface area contributed by atoms with Crippen molar-refractivity contribution in [1.29, 1.82) is 0 Å². The van der Waals surface area contributed by atoms with Gasteiger partial charge in [0.05, 0.1) is 6.54 Å². The van der Waals surface area contributed by atoms with Gasteiger partial charge in [0.25, 0.3) is 0 Å². The van der Waals surface area contributed by atoms with Crippen molar-refractivity contribution in [2.45, 2.75) is 26.2 Å². The number of nitrogens with one attached hydrogen (secondary N) is 1. The molecule has 2 fully saturated rings. The maximum absolute atomic E-state index is 12.1. The van der Waals surface area contributed by atoms with Crippen molar-refractivity contribution in [2.24, 2.45) is 5.92 Å². The van der Waals surface area contributed by atoms with Gasteiger partial charge in [-0.1, -0.05) is 24.3 Å². The van der Waals surface area contributed by atoms with E-state index in [1.165, 1.54) is 11.1 Å². The van der Waals surface area contributed by atoms with E-state index in [4.69, 9.17) is 0 Å². The van der Waals surface area contributed by atoms with E-state index in [0.717, 1.165) is 45.4 Å². The summed E-state index contributed by atoms with van der Waals surface area (Å²) in [5.74, 6) is 0.684. The zero-order valence-corrected chi connectivity index (χ0v) is 14.5. The summed E-state index contributed by atoms with van der Waals surface area (Å²) in [4.78, 5) is 28.2. The maximum Gasteiger partial charge on any atom is 0.234 e. The summed E-state index contributed by atoms with van der Waals surface area (Å²) in [5, 5.41) is 3.01. The molecule has 2 amide bonds. The van der Waals surface area contributed by atoms with Crippen molar-refractivity contribution in [2.75, 3.05) is 39.3 Å². The van der Waals surface area contributed by atoms with Gasteiger partial charge in [-0.3, -0.25) is 14.5 Å². The van der Waals surface area contributed by atoms with Crippen LogP contribution in [0.2, 0.25) is 0 Å². The minimum Gasteiger partial charge on any atom is -0.355 e. The molecule has 130 valence electrons. The van der Waals surface area contributed by atoms with E-state index in [1.807, 2.05) is 17.0 Å². The largest absolute Gasteiger partial charge is 0.355 e. The number of aryl methyl sites for hydroxylation is 1. The topological polar surface area (TPSA) is 52.7 Å². The molecule has 0 atom stereocenters. The average Bonchev–Trinajstić information content (AvgIpc) is 3.42. The van der Waals surface area contributed by atoms with E-state index in [-0.39, 0.29) is 5.91 Å². The van der Waals surface area contributed by atoms with Gasteiger partial charge in [0.15, 0.2) is 0 Å². The normalized spacial score (nSPS) is 18.5. The van der Waals surface area contributed by atoms with Gasteiger partial charge in [-0.25, -0.2) is 0 Å². The second-order valence-electron chi connectivity index (χ2n) is 6.90. The summed E-state index contributed by atoms with van der Waals surface area (Å²) >= 11 is 0. The first-order valence-corrected chi connectivity index (χ1v) is 8.96. The summed E-state index contributed by atoms with van der Waals surface area (Å²) in [6, 6.07) is 8.27. The van der Waals surface area contributed by atoms with Crippen LogP contribution in [0.1, 0.15) is 24.0 Å². The summed E-state index contributed by atoms with van der Waals surface area (Å²) in [5.41, 5.74) is 2.55. The lowest BCUT2D eigenvalue weighted by molar-refractivity contribution is -0.134. The third-order valence-electron chi connectivity index (χ3n) is 4.96. The summed E-state index contributed by atoms with van der Waals surface area (Å²) in [6.07, 6.45) is 2.98. The third-order valence-corrected chi connectivity index (χ3v) is 4.96. The molecule has 1 saturated carbocycles. The summed E-state index contributed by atoms with van der Waals surface area (Å²) in [7, 11) is 0. The highest BCUT2D eigenvalue weighted by molar-refractivity contribution is 5.81. The molecule has 2 aliphatic rings. The molecule has 5 heteroatoms. The Hall–Kier alpha value is -1.88. The molecule has 1 aliphatic heterocycles. The molecule has 0 unspecified atom stereocenters. The zero-order valence-electron chi connectivity index (χ0n) is 14.5. The van der Waals surface area contributed by atoms with Crippen molar-refractivity contribution in [3.05, 3.63) is 35.4 Å². The highest BCUT2D eigenvalue weighted by atomic mass is 16.2. The number of hydrogen-bond acceptors (Lipinski definition) is 3. The molecule has 5 nitrogen and oxygen atoms in total. The second-order valence-corrected chi connectivity index (χ2v) is 6.90. The first kappa shape index (κ1) is 17.0. The number of nitrogens with zero attached hydrogens (tertiary/aromatic N) is 2. The molecule has 0 radical (unpaired) electrons. The smallest absolute Gasteiger partial charge is 0.234 e. The Morgan fingerprint density at radius 2 is 1.83 bits per heavy atom. The van der Waals surface area contributed by atoms with Crippen LogP contribution in [0.4, 0.5) is 0 Å². The highest BCUT2D eigenvalue weighted by Gasteiger charge is 2.34. The fourth-order valence-corrected chi connectivity index (χ4v) is 3.20. The summed E-state index contributed by atoms with van der Waals surface area (Å²) < 4.78 is 0. The quantitative estimate of drug-likeness (QED) is 0.853. The Balaban J connectivity index is 1.34. The molecular formula is C19H27N3O2. The molecule has 24 heavy (non-hydrogen) atoms. The molecule has 0 bridgehead atoms. The van der Waals surface area contributed by atoms with Crippen LogP contribution < -0.4 is 5.32 Å². The van der Waals surface area contributed by atoms with E-state index in [2.05, 4.69) is 29.3 Å². The monoisotopic (exact) mass is 329 g/mol. The zero-order chi connectivity index (χ0) is 16.9. The van der Waals surface area contributed by atoms with Gasteiger partial charge in [-0.05, 0) is 37.3 Å². The Morgan fingerprint density at radius 1 is 1.12 bits per heavy atom. The lowest BCUT2D eigenvalue weighted by Gasteiger charge is -2.34. The number of carbonyl (C=O) groups excluding carboxylic acids is 2. The minimum absolute atomic E-state index is 0.0746. The lowest BCUT2D eigenvalue weighted by atomic mass is 10.1. The number of amides is 2. The maximum atomic E-state index is 12.1. The minimum atomic E-state index is 0.0746. The fourth-order valence-electron chi connectivity index (χ4n) is 3.20. The van der Waals surface area contributed by atoms with Crippen LogP contribution in [0.15, 0.2) is 24.3 Å². The Morgan fingerprint density at radius 3 is 2.50 bits per heavy atom. The summed E-state index contributed by atoms with van der Waals surface area (Å²) in [6.45, 7) is 6.30. The van der Waals surface area contributed by atoms with Gasteiger partial charge in [-0.15, -0.1) is 0 Å². The van der Waals surface area contributed by atoms with Gasteiger partial charge in [0, 0.05) is 38.6 Å². The van der Waals surface area contributed by atoms with Crippen molar-refractivity contribution in [3.63, 3.8) is 0 Å². The number of carbonyl (C=O) groups is 2. The molecule has 1 aromatic carbocycles. The first-order chi connectivity index (χ1) is 11.6. The Kier molecular flexibility index (Phi) is 5.51. The van der Waals surface area contributed by atoms with E-state index < -0.39 is 0 Å². The lowest BCUT2D eigenvalue weighted by Crippen LogP contribution is -2.51. The van der Waals surface area contributed by atoms with E-state index >= 15 is 0 Å². The SMILES string of the molecule is Cc1ccccc1CCNC(=O)CN1CCN(C(=O)C2CC2)CC1. The van der Waals surface area contributed by atoms with Crippen LogP contribution in [-0.4, -0.2) is 60.9 Å². The second kappa shape index (κ2) is 7.79. The van der Waals surface area contributed by atoms with Gasteiger partial charge < -0.3 is 10.2 Å². The van der Waals surface area contributed by atoms with Gasteiger partial charge in [-0.2, -0.15) is 0 Å². The van der Waals surface area contributed by atoms with E-state index in [0.29, 0.717) is 24.9 Å². The van der Waals surface area contributed by atoms with E-state index in [9.17, 15) is 9.59 Å². The van der Waals surface area contributed by atoms with Crippen molar-refractivity contribution in [1.82, 2.24) is 15.1 Å². The van der Waals surface area contributed by atoms with Crippen LogP contribution in [0.25, 0.3) is 0 Å². The van der Waals surface area contributed by atoms with E-state index in [1.54, 1.807) is 0 Å². The predicted molar refractivity (Wildman–Crippen MR) is 93.6 cm³/mol. The molecule has 1 aromatic rings. The molecule has 1 heterocycles. The number of rotatable bonds is 6. The third kappa shape index (κ3) is 4.57. The molecule has 0 spiro atoms. The molecule has 1 N–H and O–H groups in total. The Bertz CT molecular complexity index is 590.